The molecule has 0 aromatic heterocycles. The predicted octanol–water partition coefficient (Wildman–Crippen LogP) is 5.80. The standard InChI is InChI=1S/C24H17Cl2FN2O3/c25-19-10-17(11-20(26)22(19)32-14-16-4-2-1-3-5-16)12-21-23(30)29(24(31)28-21)13-15-6-8-18(27)9-7-15/h1-12H,13-14H2,(H,28,31)/b21-12+. The Hall–Kier alpha value is -3.35. The van der Waals surface area contributed by atoms with Gasteiger partial charge in [0.15, 0.2) is 5.75 Å². The van der Waals surface area contributed by atoms with E-state index in [1.165, 1.54) is 30.3 Å². The van der Waals surface area contributed by atoms with Crippen LogP contribution in [-0.4, -0.2) is 16.8 Å². The van der Waals surface area contributed by atoms with Crippen molar-refractivity contribution in [1.29, 1.82) is 0 Å². The molecule has 32 heavy (non-hydrogen) atoms. The summed E-state index contributed by atoms with van der Waals surface area (Å²) in [6, 6.07) is 17.8. The van der Waals surface area contributed by atoms with E-state index in [9.17, 15) is 14.0 Å². The van der Waals surface area contributed by atoms with Gasteiger partial charge in [-0.3, -0.25) is 9.69 Å². The number of nitrogens with zero attached hydrogens (tertiary/aromatic N) is 1. The Bertz CT molecular complexity index is 1170. The third kappa shape index (κ3) is 4.93. The third-order valence-corrected chi connectivity index (χ3v) is 5.34. The fourth-order valence-electron chi connectivity index (χ4n) is 3.18. The zero-order chi connectivity index (χ0) is 22.7. The summed E-state index contributed by atoms with van der Waals surface area (Å²) in [7, 11) is 0. The van der Waals surface area contributed by atoms with Gasteiger partial charge in [0.05, 0.1) is 16.6 Å². The van der Waals surface area contributed by atoms with E-state index in [-0.39, 0.29) is 22.3 Å². The zero-order valence-corrected chi connectivity index (χ0v) is 18.2. The summed E-state index contributed by atoms with van der Waals surface area (Å²) in [6.45, 7) is 0.323. The van der Waals surface area contributed by atoms with E-state index in [2.05, 4.69) is 5.32 Å². The molecule has 3 aromatic rings. The fourth-order valence-corrected chi connectivity index (χ4v) is 3.80. The van der Waals surface area contributed by atoms with Gasteiger partial charge >= 0.3 is 6.03 Å². The smallest absolute Gasteiger partial charge is 0.329 e. The summed E-state index contributed by atoms with van der Waals surface area (Å²) >= 11 is 12.7. The van der Waals surface area contributed by atoms with Crippen LogP contribution in [0.25, 0.3) is 6.08 Å². The van der Waals surface area contributed by atoms with E-state index in [0.717, 1.165) is 10.5 Å². The van der Waals surface area contributed by atoms with Crippen LogP contribution in [0.5, 0.6) is 5.75 Å². The van der Waals surface area contributed by atoms with Crippen molar-refractivity contribution < 1.29 is 18.7 Å². The van der Waals surface area contributed by atoms with Gasteiger partial charge in [-0.1, -0.05) is 65.7 Å². The maximum atomic E-state index is 13.1. The number of nitrogens with one attached hydrogen (secondary N) is 1. The van der Waals surface area contributed by atoms with Crippen molar-refractivity contribution in [1.82, 2.24) is 10.2 Å². The van der Waals surface area contributed by atoms with Gasteiger partial charge in [0.1, 0.15) is 18.1 Å². The van der Waals surface area contributed by atoms with Gasteiger partial charge < -0.3 is 10.1 Å². The Morgan fingerprint density at radius 1 is 0.938 bits per heavy atom. The molecule has 8 heteroatoms. The van der Waals surface area contributed by atoms with Gasteiger partial charge in [0, 0.05) is 0 Å². The molecule has 162 valence electrons. The van der Waals surface area contributed by atoms with E-state index in [0.29, 0.717) is 23.5 Å². The SMILES string of the molecule is O=C1N/C(=C/c2cc(Cl)c(OCc3ccccc3)c(Cl)c2)C(=O)N1Cc1ccc(F)cc1. The Labute approximate surface area is 194 Å². The molecule has 0 atom stereocenters. The van der Waals surface area contributed by atoms with Crippen LogP contribution in [0.1, 0.15) is 16.7 Å². The Balaban J connectivity index is 1.50. The molecule has 1 saturated heterocycles. The van der Waals surface area contributed by atoms with E-state index < -0.39 is 17.8 Å². The van der Waals surface area contributed by atoms with Gasteiger partial charge in [-0.15, -0.1) is 0 Å². The summed E-state index contributed by atoms with van der Waals surface area (Å²) in [4.78, 5) is 26.0. The summed E-state index contributed by atoms with van der Waals surface area (Å²) in [6.07, 6.45) is 1.49. The molecule has 0 saturated carbocycles. The molecular weight excluding hydrogens is 454 g/mol. The molecule has 1 heterocycles. The minimum Gasteiger partial charge on any atom is -0.486 e. The van der Waals surface area contributed by atoms with Gasteiger partial charge in [-0.25, -0.2) is 9.18 Å². The molecule has 0 spiro atoms. The lowest BCUT2D eigenvalue weighted by molar-refractivity contribution is -0.123. The first-order chi connectivity index (χ1) is 15.4. The number of carbonyl (C=O) groups excluding carboxylic acids is 2. The van der Waals surface area contributed by atoms with Crippen molar-refractivity contribution in [2.45, 2.75) is 13.2 Å². The molecule has 1 aliphatic rings. The van der Waals surface area contributed by atoms with Crippen LogP contribution in [0.4, 0.5) is 9.18 Å². The van der Waals surface area contributed by atoms with Gasteiger partial charge in [-0.2, -0.15) is 0 Å². The molecule has 4 rings (SSSR count). The quantitative estimate of drug-likeness (QED) is 0.365. The maximum Gasteiger partial charge on any atom is 0.329 e. The lowest BCUT2D eigenvalue weighted by Crippen LogP contribution is -2.30. The first-order valence-corrected chi connectivity index (χ1v) is 10.4. The summed E-state index contributed by atoms with van der Waals surface area (Å²) in [5.74, 6) is -0.563. The molecule has 1 fully saturated rings. The van der Waals surface area contributed by atoms with E-state index >= 15 is 0 Å². The van der Waals surface area contributed by atoms with Gasteiger partial charge in [0.25, 0.3) is 5.91 Å². The largest absolute Gasteiger partial charge is 0.486 e. The monoisotopic (exact) mass is 470 g/mol. The lowest BCUT2D eigenvalue weighted by Gasteiger charge is -2.12. The van der Waals surface area contributed by atoms with Gasteiger partial charge in [-0.05, 0) is 47.0 Å². The number of ether oxygens (including phenoxy) is 1. The maximum absolute atomic E-state index is 13.1. The molecule has 3 aromatic carbocycles. The number of amides is 3. The summed E-state index contributed by atoms with van der Waals surface area (Å²) < 4.78 is 18.8. The number of urea groups is 1. The van der Waals surface area contributed by atoms with Crippen LogP contribution in [0.2, 0.25) is 10.0 Å². The number of rotatable bonds is 6. The number of benzene rings is 3. The minimum absolute atomic E-state index is 0.0239. The Morgan fingerprint density at radius 3 is 2.25 bits per heavy atom. The average molecular weight is 471 g/mol. The zero-order valence-electron chi connectivity index (χ0n) is 16.6. The molecule has 0 unspecified atom stereocenters. The van der Waals surface area contributed by atoms with Gasteiger partial charge in [0.2, 0.25) is 0 Å². The van der Waals surface area contributed by atoms with Crippen molar-refractivity contribution >= 4 is 41.2 Å². The van der Waals surface area contributed by atoms with Crippen LogP contribution in [0, 0.1) is 5.82 Å². The molecular formula is C24H17Cl2FN2O3. The van der Waals surface area contributed by atoms with Crippen molar-refractivity contribution in [3.63, 3.8) is 0 Å². The number of hydrogen-bond acceptors (Lipinski definition) is 3. The highest BCUT2D eigenvalue weighted by Gasteiger charge is 2.33. The van der Waals surface area contributed by atoms with Crippen molar-refractivity contribution in [2.75, 3.05) is 0 Å². The van der Waals surface area contributed by atoms with E-state index in [1.54, 1.807) is 12.1 Å². The van der Waals surface area contributed by atoms with Crippen molar-refractivity contribution in [3.8, 4) is 5.75 Å². The Morgan fingerprint density at radius 2 is 1.59 bits per heavy atom. The minimum atomic E-state index is -0.564. The topological polar surface area (TPSA) is 58.6 Å². The van der Waals surface area contributed by atoms with Crippen LogP contribution in [0.3, 0.4) is 0 Å². The molecule has 1 aliphatic heterocycles. The highest BCUT2D eigenvalue weighted by atomic mass is 35.5. The molecule has 5 nitrogen and oxygen atoms in total. The molecule has 0 aliphatic carbocycles. The lowest BCUT2D eigenvalue weighted by atomic mass is 10.1. The predicted molar refractivity (Wildman–Crippen MR) is 121 cm³/mol. The van der Waals surface area contributed by atoms with Crippen LogP contribution in [0.15, 0.2) is 72.4 Å². The fraction of sp³-hybridized carbons (Fsp3) is 0.0833. The number of halogens is 3. The third-order valence-electron chi connectivity index (χ3n) is 4.77. The van der Waals surface area contributed by atoms with Crippen LogP contribution < -0.4 is 10.1 Å². The molecule has 3 amide bonds. The Kier molecular flexibility index (Phi) is 6.44. The summed E-state index contributed by atoms with van der Waals surface area (Å²) in [5, 5.41) is 3.10. The van der Waals surface area contributed by atoms with Crippen LogP contribution >= 0.6 is 23.2 Å². The second kappa shape index (κ2) is 9.42. The summed E-state index contributed by atoms with van der Waals surface area (Å²) in [5.41, 5.74) is 2.20. The highest BCUT2D eigenvalue weighted by molar-refractivity contribution is 6.37. The number of hydrogen-bond donors (Lipinski definition) is 1. The molecule has 0 bridgehead atoms. The van der Waals surface area contributed by atoms with Crippen molar-refractivity contribution in [2.24, 2.45) is 0 Å². The molecule has 1 N–H and O–H groups in total. The first-order valence-electron chi connectivity index (χ1n) is 9.65. The second-order valence-electron chi connectivity index (χ2n) is 7.09. The molecule has 0 radical (unpaired) electrons. The highest BCUT2D eigenvalue weighted by Crippen LogP contribution is 2.35. The van der Waals surface area contributed by atoms with Crippen LogP contribution in [-0.2, 0) is 17.9 Å². The normalized spacial score (nSPS) is 14.7. The first kappa shape index (κ1) is 21.9. The number of carbonyl (C=O) groups is 2. The second-order valence-corrected chi connectivity index (χ2v) is 7.91. The van der Waals surface area contributed by atoms with E-state index in [1.807, 2.05) is 30.3 Å². The van der Waals surface area contributed by atoms with E-state index in [4.69, 9.17) is 27.9 Å². The average Bonchev–Trinajstić information content (AvgIpc) is 3.02. The van der Waals surface area contributed by atoms with Crippen molar-refractivity contribution in [3.05, 3.63) is 105 Å². The number of imide groups is 1.